The fourth-order valence-electron chi connectivity index (χ4n) is 2.14. The monoisotopic (exact) mass is 265 g/mol. The van der Waals surface area contributed by atoms with Gasteiger partial charge in [0.05, 0.1) is 11.8 Å². The van der Waals surface area contributed by atoms with Gasteiger partial charge in [0.2, 0.25) is 0 Å². The number of aliphatic hydroxyl groups excluding tert-OH is 1. The second kappa shape index (κ2) is 5.72. The van der Waals surface area contributed by atoms with Gasteiger partial charge in [0.1, 0.15) is 0 Å². The van der Waals surface area contributed by atoms with E-state index in [-0.39, 0.29) is 0 Å². The predicted octanol–water partition coefficient (Wildman–Crippen LogP) is 3.62. The molecule has 1 aromatic heterocycles. The highest BCUT2D eigenvalue weighted by Gasteiger charge is 2.12. The number of aliphatic hydroxyl groups is 1. The summed E-state index contributed by atoms with van der Waals surface area (Å²) in [6, 6.07) is 21.3. The Morgan fingerprint density at radius 1 is 0.950 bits per heavy atom. The smallest absolute Gasteiger partial charge is 0.167 e. The molecule has 0 aliphatic heterocycles. The van der Waals surface area contributed by atoms with Gasteiger partial charge in [0.25, 0.3) is 0 Å². The lowest BCUT2D eigenvalue weighted by Gasteiger charge is -2.07. The summed E-state index contributed by atoms with van der Waals surface area (Å²) in [5.74, 6) is 0.723. The second-order valence-corrected chi connectivity index (χ2v) is 4.68. The van der Waals surface area contributed by atoms with Crippen molar-refractivity contribution in [3.05, 3.63) is 78.0 Å². The fourth-order valence-corrected chi connectivity index (χ4v) is 2.14. The van der Waals surface area contributed by atoms with Crippen LogP contribution in [0.5, 0.6) is 0 Å². The van der Waals surface area contributed by atoms with Crippen molar-refractivity contribution in [2.24, 2.45) is 0 Å². The molecular weight excluding hydrogens is 250 g/mol. The van der Waals surface area contributed by atoms with Crippen LogP contribution in [0.1, 0.15) is 17.4 Å². The Hall–Kier alpha value is -2.39. The first-order valence-electron chi connectivity index (χ1n) is 6.57. The normalized spacial score (nSPS) is 12.2. The second-order valence-electron chi connectivity index (χ2n) is 4.68. The third-order valence-corrected chi connectivity index (χ3v) is 3.20. The van der Waals surface area contributed by atoms with E-state index in [9.17, 15) is 5.11 Å². The van der Waals surface area contributed by atoms with Crippen LogP contribution in [0.2, 0.25) is 0 Å². The number of nitrogens with zero attached hydrogens (tertiary/aromatic N) is 1. The number of hydrogen-bond donors (Lipinski definition) is 1. The lowest BCUT2D eigenvalue weighted by molar-refractivity contribution is 0.175. The van der Waals surface area contributed by atoms with E-state index in [0.717, 1.165) is 22.6 Å². The van der Waals surface area contributed by atoms with Crippen LogP contribution < -0.4 is 0 Å². The van der Waals surface area contributed by atoms with Gasteiger partial charge in [0.15, 0.2) is 5.76 Å². The number of rotatable bonds is 4. The number of benzene rings is 2. The van der Waals surface area contributed by atoms with Gasteiger partial charge >= 0.3 is 0 Å². The third kappa shape index (κ3) is 2.78. The molecular formula is C17H15NO2. The summed E-state index contributed by atoms with van der Waals surface area (Å²) in [6.07, 6.45) is -0.120. The topological polar surface area (TPSA) is 46.3 Å². The average molecular weight is 265 g/mol. The van der Waals surface area contributed by atoms with Crippen LogP contribution in [0, 0.1) is 0 Å². The Kier molecular flexibility index (Phi) is 3.61. The fraction of sp³-hybridized carbons (Fsp3) is 0.118. The quantitative estimate of drug-likeness (QED) is 0.783. The van der Waals surface area contributed by atoms with Crippen LogP contribution in [0.15, 0.2) is 71.3 Å². The van der Waals surface area contributed by atoms with E-state index in [1.54, 1.807) is 0 Å². The zero-order valence-corrected chi connectivity index (χ0v) is 10.9. The molecule has 0 radical (unpaired) electrons. The summed E-state index contributed by atoms with van der Waals surface area (Å²) < 4.78 is 5.33. The van der Waals surface area contributed by atoms with Crippen molar-refractivity contribution < 1.29 is 9.63 Å². The molecule has 1 unspecified atom stereocenters. The Balaban J connectivity index is 1.75. The van der Waals surface area contributed by atoms with E-state index < -0.39 is 6.10 Å². The van der Waals surface area contributed by atoms with Gasteiger partial charge in [0, 0.05) is 18.1 Å². The molecule has 0 saturated heterocycles. The maximum absolute atomic E-state index is 10.2. The maximum atomic E-state index is 10.2. The summed E-state index contributed by atoms with van der Waals surface area (Å²) in [4.78, 5) is 0. The molecule has 0 saturated carbocycles. The molecule has 100 valence electrons. The van der Waals surface area contributed by atoms with E-state index >= 15 is 0 Å². The Bertz CT molecular complexity index is 662. The van der Waals surface area contributed by atoms with E-state index in [1.165, 1.54) is 0 Å². The van der Waals surface area contributed by atoms with Crippen molar-refractivity contribution in [1.82, 2.24) is 5.16 Å². The standard InChI is InChI=1S/C17H15NO2/c19-16(13-7-3-1-4-8-13)11-15-12-17(20-18-15)14-9-5-2-6-10-14/h1-10,12,16,19H,11H2. The largest absolute Gasteiger partial charge is 0.388 e. The van der Waals surface area contributed by atoms with Crippen LogP contribution in [0.25, 0.3) is 11.3 Å². The first-order chi connectivity index (χ1) is 9.83. The highest BCUT2D eigenvalue weighted by molar-refractivity contribution is 5.56. The van der Waals surface area contributed by atoms with E-state index in [0.29, 0.717) is 6.42 Å². The number of aromatic nitrogens is 1. The molecule has 20 heavy (non-hydrogen) atoms. The maximum Gasteiger partial charge on any atom is 0.167 e. The molecule has 3 aromatic rings. The molecule has 1 heterocycles. The van der Waals surface area contributed by atoms with Crippen LogP contribution in [0.3, 0.4) is 0 Å². The van der Waals surface area contributed by atoms with Crippen molar-refractivity contribution in [3.63, 3.8) is 0 Å². The van der Waals surface area contributed by atoms with Crippen molar-refractivity contribution >= 4 is 0 Å². The third-order valence-electron chi connectivity index (χ3n) is 3.20. The zero-order chi connectivity index (χ0) is 13.8. The van der Waals surface area contributed by atoms with Crippen molar-refractivity contribution in [1.29, 1.82) is 0 Å². The Morgan fingerprint density at radius 3 is 2.30 bits per heavy atom. The molecule has 0 aliphatic carbocycles. The molecule has 3 nitrogen and oxygen atoms in total. The molecule has 0 bridgehead atoms. The highest BCUT2D eigenvalue weighted by atomic mass is 16.5. The van der Waals surface area contributed by atoms with Crippen molar-refractivity contribution in [2.75, 3.05) is 0 Å². The zero-order valence-electron chi connectivity index (χ0n) is 10.9. The molecule has 0 fully saturated rings. The summed E-state index contributed by atoms with van der Waals surface area (Å²) in [5, 5.41) is 14.2. The lowest BCUT2D eigenvalue weighted by atomic mass is 10.0. The predicted molar refractivity (Wildman–Crippen MR) is 77.0 cm³/mol. The summed E-state index contributed by atoms with van der Waals surface area (Å²) >= 11 is 0. The van der Waals surface area contributed by atoms with Crippen LogP contribution >= 0.6 is 0 Å². The molecule has 3 heteroatoms. The van der Waals surface area contributed by atoms with Gasteiger partial charge in [-0.2, -0.15) is 0 Å². The van der Waals surface area contributed by atoms with Crippen LogP contribution in [-0.2, 0) is 6.42 Å². The molecule has 2 aromatic carbocycles. The average Bonchev–Trinajstić information content (AvgIpc) is 2.97. The molecule has 1 atom stereocenters. The van der Waals surface area contributed by atoms with Crippen molar-refractivity contribution in [3.8, 4) is 11.3 Å². The van der Waals surface area contributed by atoms with E-state index in [4.69, 9.17) is 4.52 Å². The van der Waals surface area contributed by atoms with Crippen LogP contribution in [0.4, 0.5) is 0 Å². The van der Waals surface area contributed by atoms with Gasteiger partial charge in [-0.15, -0.1) is 0 Å². The summed E-state index contributed by atoms with van der Waals surface area (Å²) in [6.45, 7) is 0. The molecule has 0 spiro atoms. The first kappa shape index (κ1) is 12.6. The van der Waals surface area contributed by atoms with Gasteiger partial charge in [-0.3, -0.25) is 0 Å². The molecule has 0 aliphatic rings. The van der Waals surface area contributed by atoms with E-state index in [2.05, 4.69) is 5.16 Å². The minimum atomic E-state index is -0.565. The lowest BCUT2D eigenvalue weighted by Crippen LogP contribution is -2.01. The summed E-state index contributed by atoms with van der Waals surface area (Å²) in [5.41, 5.74) is 2.62. The minimum Gasteiger partial charge on any atom is -0.388 e. The van der Waals surface area contributed by atoms with Crippen LogP contribution in [-0.4, -0.2) is 10.3 Å². The van der Waals surface area contributed by atoms with E-state index in [1.807, 2.05) is 66.7 Å². The Labute approximate surface area is 117 Å². The SMILES string of the molecule is OC(Cc1cc(-c2ccccc2)on1)c1ccccc1. The van der Waals surface area contributed by atoms with Gasteiger partial charge < -0.3 is 9.63 Å². The number of hydrogen-bond acceptors (Lipinski definition) is 3. The summed E-state index contributed by atoms with van der Waals surface area (Å²) in [7, 11) is 0. The minimum absolute atomic E-state index is 0.445. The van der Waals surface area contributed by atoms with Gasteiger partial charge in [-0.25, -0.2) is 0 Å². The Morgan fingerprint density at radius 2 is 1.60 bits per heavy atom. The molecule has 0 amide bonds. The highest BCUT2D eigenvalue weighted by Crippen LogP contribution is 2.23. The van der Waals surface area contributed by atoms with Gasteiger partial charge in [-0.05, 0) is 5.56 Å². The molecule has 3 rings (SSSR count). The van der Waals surface area contributed by atoms with Crippen molar-refractivity contribution in [2.45, 2.75) is 12.5 Å². The first-order valence-corrected chi connectivity index (χ1v) is 6.57. The molecule has 1 N–H and O–H groups in total. The van der Waals surface area contributed by atoms with Gasteiger partial charge in [-0.1, -0.05) is 65.8 Å².